The Hall–Kier alpha value is -0.900. The summed E-state index contributed by atoms with van der Waals surface area (Å²) in [4.78, 5) is 5.09. The van der Waals surface area contributed by atoms with Gasteiger partial charge in [-0.1, -0.05) is 38.1 Å². The van der Waals surface area contributed by atoms with E-state index in [0.717, 1.165) is 19.6 Å². The number of piperazine rings is 1. The van der Waals surface area contributed by atoms with E-state index in [2.05, 4.69) is 53.2 Å². The van der Waals surface area contributed by atoms with E-state index in [0.29, 0.717) is 0 Å². The van der Waals surface area contributed by atoms with E-state index in [1.807, 2.05) is 0 Å². The number of nitrogens with one attached hydrogen (secondary N) is 1. The fourth-order valence-corrected chi connectivity index (χ4v) is 2.69. The Bertz CT molecular complexity index is 366. The molecule has 2 rings (SSSR count). The van der Waals surface area contributed by atoms with E-state index in [4.69, 9.17) is 0 Å². The third-order valence-electron chi connectivity index (χ3n) is 4.10. The van der Waals surface area contributed by atoms with Gasteiger partial charge in [0.1, 0.15) is 0 Å². The van der Waals surface area contributed by atoms with E-state index in [9.17, 15) is 0 Å². The summed E-state index contributed by atoms with van der Waals surface area (Å²) in [5.41, 5.74) is 2.83. The van der Waals surface area contributed by atoms with E-state index >= 15 is 0 Å². The second-order valence-corrected chi connectivity index (χ2v) is 5.70. The molecule has 3 nitrogen and oxygen atoms in total. The summed E-state index contributed by atoms with van der Waals surface area (Å²) in [5.74, 6) is 0. The van der Waals surface area contributed by atoms with Crippen molar-refractivity contribution in [3.63, 3.8) is 0 Å². The van der Waals surface area contributed by atoms with Gasteiger partial charge in [-0.3, -0.25) is 4.90 Å². The standard InChI is InChI=1S/C17H29N3/c1-3-9-18-14-16-5-7-17(8-6-16)15-20-12-10-19(4-2)11-13-20/h5-8,18H,3-4,9-15H2,1-2H3. The SMILES string of the molecule is CCCNCc1ccc(CN2CCN(CC)CC2)cc1. The summed E-state index contributed by atoms with van der Waals surface area (Å²) in [6, 6.07) is 9.10. The average molecular weight is 275 g/mol. The molecular weight excluding hydrogens is 246 g/mol. The van der Waals surface area contributed by atoms with Crippen LogP contribution < -0.4 is 5.32 Å². The van der Waals surface area contributed by atoms with Crippen molar-refractivity contribution < 1.29 is 0 Å². The van der Waals surface area contributed by atoms with Gasteiger partial charge in [0.05, 0.1) is 0 Å². The van der Waals surface area contributed by atoms with Crippen LogP contribution in [0.25, 0.3) is 0 Å². The minimum absolute atomic E-state index is 0.989. The average Bonchev–Trinajstić information content (AvgIpc) is 2.50. The quantitative estimate of drug-likeness (QED) is 0.771. The van der Waals surface area contributed by atoms with Crippen molar-refractivity contribution in [2.24, 2.45) is 0 Å². The van der Waals surface area contributed by atoms with E-state index in [-0.39, 0.29) is 0 Å². The van der Waals surface area contributed by atoms with Gasteiger partial charge in [0.15, 0.2) is 0 Å². The molecule has 0 radical (unpaired) electrons. The number of nitrogens with zero attached hydrogens (tertiary/aromatic N) is 2. The molecule has 112 valence electrons. The molecule has 1 aromatic carbocycles. The highest BCUT2D eigenvalue weighted by atomic mass is 15.3. The molecule has 0 spiro atoms. The lowest BCUT2D eigenvalue weighted by molar-refractivity contribution is 0.132. The highest BCUT2D eigenvalue weighted by Gasteiger charge is 2.15. The highest BCUT2D eigenvalue weighted by molar-refractivity contribution is 5.22. The van der Waals surface area contributed by atoms with Crippen molar-refractivity contribution in [3.05, 3.63) is 35.4 Å². The minimum Gasteiger partial charge on any atom is -0.313 e. The number of likely N-dealkylation sites (N-methyl/N-ethyl adjacent to an activating group) is 1. The number of benzene rings is 1. The van der Waals surface area contributed by atoms with Crippen LogP contribution in [-0.2, 0) is 13.1 Å². The van der Waals surface area contributed by atoms with Crippen LogP contribution in [0.1, 0.15) is 31.4 Å². The molecule has 1 saturated heterocycles. The molecule has 1 heterocycles. The molecule has 1 N–H and O–H groups in total. The first-order chi connectivity index (χ1) is 9.81. The second kappa shape index (κ2) is 8.40. The van der Waals surface area contributed by atoms with Crippen LogP contribution >= 0.6 is 0 Å². The number of rotatable bonds is 7. The van der Waals surface area contributed by atoms with Crippen molar-refractivity contribution >= 4 is 0 Å². The molecule has 0 amide bonds. The molecule has 0 atom stereocenters. The predicted octanol–water partition coefficient (Wildman–Crippen LogP) is 2.32. The first-order valence-electron chi connectivity index (χ1n) is 8.05. The molecule has 3 heteroatoms. The van der Waals surface area contributed by atoms with Crippen molar-refractivity contribution in [1.29, 1.82) is 0 Å². The topological polar surface area (TPSA) is 18.5 Å². The monoisotopic (exact) mass is 275 g/mol. The fraction of sp³-hybridized carbons (Fsp3) is 0.647. The molecule has 0 aromatic heterocycles. The molecule has 1 aromatic rings. The third-order valence-corrected chi connectivity index (χ3v) is 4.10. The largest absolute Gasteiger partial charge is 0.313 e. The summed E-state index contributed by atoms with van der Waals surface area (Å²) < 4.78 is 0. The van der Waals surface area contributed by atoms with Gasteiger partial charge in [0.25, 0.3) is 0 Å². The van der Waals surface area contributed by atoms with Crippen molar-refractivity contribution in [3.8, 4) is 0 Å². The van der Waals surface area contributed by atoms with Crippen LogP contribution in [0.15, 0.2) is 24.3 Å². The van der Waals surface area contributed by atoms with E-state index < -0.39 is 0 Å². The molecule has 1 aliphatic heterocycles. The molecule has 1 fully saturated rings. The Morgan fingerprint density at radius 2 is 1.50 bits per heavy atom. The van der Waals surface area contributed by atoms with Gasteiger partial charge in [-0.15, -0.1) is 0 Å². The Balaban J connectivity index is 1.76. The molecule has 1 aliphatic rings. The predicted molar refractivity (Wildman–Crippen MR) is 85.8 cm³/mol. The van der Waals surface area contributed by atoms with Crippen LogP contribution in [-0.4, -0.2) is 49.1 Å². The van der Waals surface area contributed by atoms with Crippen molar-refractivity contribution in [2.45, 2.75) is 33.4 Å². The Labute approximate surface area is 124 Å². The lowest BCUT2D eigenvalue weighted by atomic mass is 10.1. The van der Waals surface area contributed by atoms with Gasteiger partial charge in [0.2, 0.25) is 0 Å². The van der Waals surface area contributed by atoms with Crippen LogP contribution in [0, 0.1) is 0 Å². The minimum atomic E-state index is 0.989. The van der Waals surface area contributed by atoms with Crippen LogP contribution in [0.5, 0.6) is 0 Å². The van der Waals surface area contributed by atoms with Gasteiger partial charge in [-0.2, -0.15) is 0 Å². The Kier molecular flexibility index (Phi) is 6.51. The smallest absolute Gasteiger partial charge is 0.0234 e. The first-order valence-corrected chi connectivity index (χ1v) is 8.05. The maximum Gasteiger partial charge on any atom is 0.0234 e. The summed E-state index contributed by atoms with van der Waals surface area (Å²) in [7, 11) is 0. The molecule has 0 saturated carbocycles. The zero-order valence-electron chi connectivity index (χ0n) is 13.1. The van der Waals surface area contributed by atoms with Crippen molar-refractivity contribution in [2.75, 3.05) is 39.3 Å². The van der Waals surface area contributed by atoms with Gasteiger partial charge in [-0.05, 0) is 30.6 Å². The Morgan fingerprint density at radius 1 is 0.900 bits per heavy atom. The van der Waals surface area contributed by atoms with Gasteiger partial charge < -0.3 is 10.2 Å². The molecule has 0 unspecified atom stereocenters. The first kappa shape index (κ1) is 15.5. The molecule has 20 heavy (non-hydrogen) atoms. The maximum absolute atomic E-state index is 3.45. The van der Waals surface area contributed by atoms with E-state index in [1.165, 1.54) is 50.3 Å². The fourth-order valence-electron chi connectivity index (χ4n) is 2.69. The number of hydrogen-bond acceptors (Lipinski definition) is 3. The van der Waals surface area contributed by atoms with E-state index in [1.54, 1.807) is 0 Å². The van der Waals surface area contributed by atoms with Crippen LogP contribution in [0.2, 0.25) is 0 Å². The Morgan fingerprint density at radius 3 is 2.10 bits per heavy atom. The zero-order valence-corrected chi connectivity index (χ0v) is 13.1. The zero-order chi connectivity index (χ0) is 14.2. The maximum atomic E-state index is 3.45. The normalized spacial score (nSPS) is 17.5. The van der Waals surface area contributed by atoms with Gasteiger partial charge in [0, 0.05) is 39.3 Å². The lowest BCUT2D eigenvalue weighted by Gasteiger charge is -2.34. The van der Waals surface area contributed by atoms with Crippen LogP contribution in [0.4, 0.5) is 0 Å². The summed E-state index contributed by atoms with van der Waals surface area (Å²) in [5, 5.41) is 3.45. The van der Waals surface area contributed by atoms with Crippen molar-refractivity contribution in [1.82, 2.24) is 15.1 Å². The molecule has 0 bridgehead atoms. The summed E-state index contributed by atoms with van der Waals surface area (Å²) in [6.07, 6.45) is 1.20. The summed E-state index contributed by atoms with van der Waals surface area (Å²) >= 11 is 0. The number of hydrogen-bond donors (Lipinski definition) is 1. The third kappa shape index (κ3) is 4.89. The van der Waals surface area contributed by atoms with Gasteiger partial charge >= 0.3 is 0 Å². The summed E-state index contributed by atoms with van der Waals surface area (Å²) in [6.45, 7) is 13.7. The second-order valence-electron chi connectivity index (χ2n) is 5.70. The van der Waals surface area contributed by atoms with Gasteiger partial charge in [-0.25, -0.2) is 0 Å². The molecular formula is C17H29N3. The van der Waals surface area contributed by atoms with Crippen LogP contribution in [0.3, 0.4) is 0 Å². The highest BCUT2D eigenvalue weighted by Crippen LogP contribution is 2.10. The lowest BCUT2D eigenvalue weighted by Crippen LogP contribution is -2.45. The molecule has 0 aliphatic carbocycles.